The molecule has 4 rings (SSSR count). The lowest BCUT2D eigenvalue weighted by Gasteiger charge is -2.34. The predicted molar refractivity (Wildman–Crippen MR) is 99.4 cm³/mol. The van der Waals surface area contributed by atoms with Gasteiger partial charge in [-0.25, -0.2) is 18.4 Å². The van der Waals surface area contributed by atoms with Gasteiger partial charge in [-0.1, -0.05) is 0 Å². The molecule has 2 aliphatic rings. The summed E-state index contributed by atoms with van der Waals surface area (Å²) in [6.45, 7) is 6.81. The number of ether oxygens (including phenoxy) is 1. The maximum absolute atomic E-state index is 12.6. The highest BCUT2D eigenvalue weighted by Gasteiger charge is 2.30. The molecule has 0 aliphatic carbocycles. The highest BCUT2D eigenvalue weighted by Crippen LogP contribution is 2.21. The van der Waals surface area contributed by atoms with Crippen molar-refractivity contribution in [1.29, 1.82) is 0 Å². The van der Waals surface area contributed by atoms with Crippen LogP contribution in [0.5, 0.6) is 0 Å². The van der Waals surface area contributed by atoms with E-state index in [1.165, 1.54) is 16.8 Å². The Balaban J connectivity index is 1.47. The standard InChI is InChI=1S/C16H23N7O3S/c1-13-10-14(21-6-8-26-9-7-21)20-16(19-13)22-2-4-23(5-3-22)27(24,25)15-11-17-12-18-15/h10-12H,2-9H2,1H3,(H,17,18). The Morgan fingerprint density at radius 2 is 1.78 bits per heavy atom. The first-order chi connectivity index (χ1) is 13.0. The molecular weight excluding hydrogens is 370 g/mol. The number of nitrogens with zero attached hydrogens (tertiary/aromatic N) is 6. The minimum atomic E-state index is -3.53. The maximum atomic E-state index is 12.6. The second-order valence-electron chi connectivity index (χ2n) is 6.57. The van der Waals surface area contributed by atoms with Crippen molar-refractivity contribution in [1.82, 2.24) is 24.2 Å². The number of sulfonamides is 1. The molecule has 0 aromatic carbocycles. The summed E-state index contributed by atoms with van der Waals surface area (Å²) in [4.78, 5) is 20.0. The fourth-order valence-electron chi connectivity index (χ4n) is 3.28. The topological polar surface area (TPSA) is 108 Å². The third kappa shape index (κ3) is 3.75. The largest absolute Gasteiger partial charge is 0.378 e. The lowest BCUT2D eigenvalue weighted by atomic mass is 10.3. The molecule has 2 fully saturated rings. The highest BCUT2D eigenvalue weighted by molar-refractivity contribution is 7.89. The molecule has 146 valence electrons. The van der Waals surface area contributed by atoms with Crippen molar-refractivity contribution in [3.63, 3.8) is 0 Å². The third-order valence-corrected chi connectivity index (χ3v) is 6.60. The number of anilines is 2. The van der Waals surface area contributed by atoms with Crippen molar-refractivity contribution >= 4 is 21.8 Å². The Hall–Kier alpha value is -2.24. The van der Waals surface area contributed by atoms with E-state index >= 15 is 0 Å². The summed E-state index contributed by atoms with van der Waals surface area (Å²) < 4.78 is 32.1. The summed E-state index contributed by atoms with van der Waals surface area (Å²) >= 11 is 0. The normalized spacial score (nSPS) is 19.4. The van der Waals surface area contributed by atoms with Crippen LogP contribution >= 0.6 is 0 Å². The Bertz CT molecular complexity index is 873. The van der Waals surface area contributed by atoms with Gasteiger partial charge in [-0.3, -0.25) is 0 Å². The smallest absolute Gasteiger partial charge is 0.260 e. The van der Waals surface area contributed by atoms with E-state index in [0.29, 0.717) is 45.3 Å². The molecule has 0 amide bonds. The van der Waals surface area contributed by atoms with Crippen LogP contribution in [0.15, 0.2) is 23.6 Å². The summed E-state index contributed by atoms with van der Waals surface area (Å²) in [7, 11) is -3.53. The van der Waals surface area contributed by atoms with Gasteiger partial charge < -0.3 is 19.5 Å². The van der Waals surface area contributed by atoms with Crippen LogP contribution in [0.1, 0.15) is 5.69 Å². The van der Waals surface area contributed by atoms with Gasteiger partial charge in [0.1, 0.15) is 5.82 Å². The van der Waals surface area contributed by atoms with Crippen molar-refractivity contribution in [3.05, 3.63) is 24.3 Å². The molecule has 0 atom stereocenters. The zero-order valence-corrected chi connectivity index (χ0v) is 16.0. The van der Waals surface area contributed by atoms with E-state index in [-0.39, 0.29) is 5.03 Å². The first-order valence-corrected chi connectivity index (χ1v) is 10.4. The van der Waals surface area contributed by atoms with Gasteiger partial charge in [-0.05, 0) is 6.92 Å². The van der Waals surface area contributed by atoms with Crippen LogP contribution in [0, 0.1) is 6.92 Å². The molecule has 4 heterocycles. The highest BCUT2D eigenvalue weighted by atomic mass is 32.2. The van der Waals surface area contributed by atoms with Gasteiger partial charge >= 0.3 is 0 Å². The van der Waals surface area contributed by atoms with Crippen molar-refractivity contribution in [2.45, 2.75) is 11.9 Å². The molecule has 2 saturated heterocycles. The number of H-pyrrole nitrogens is 1. The molecule has 11 heteroatoms. The Morgan fingerprint density at radius 3 is 2.44 bits per heavy atom. The van der Waals surface area contributed by atoms with Crippen LogP contribution in [0.4, 0.5) is 11.8 Å². The average Bonchev–Trinajstić information content (AvgIpc) is 3.24. The van der Waals surface area contributed by atoms with E-state index in [1.54, 1.807) is 0 Å². The Labute approximate surface area is 158 Å². The molecule has 0 saturated carbocycles. The van der Waals surface area contributed by atoms with E-state index < -0.39 is 10.0 Å². The van der Waals surface area contributed by atoms with Gasteiger partial charge in [0.05, 0.1) is 25.7 Å². The first-order valence-electron chi connectivity index (χ1n) is 8.96. The molecule has 0 unspecified atom stereocenters. The molecule has 1 N–H and O–H groups in total. The monoisotopic (exact) mass is 393 g/mol. The molecule has 27 heavy (non-hydrogen) atoms. The second kappa shape index (κ2) is 7.41. The first kappa shape index (κ1) is 18.1. The van der Waals surface area contributed by atoms with Gasteiger partial charge in [0.15, 0.2) is 5.03 Å². The molecule has 2 aromatic heterocycles. The number of piperazine rings is 1. The van der Waals surface area contributed by atoms with Crippen molar-refractivity contribution in [2.75, 3.05) is 62.3 Å². The third-order valence-electron chi connectivity index (χ3n) is 4.78. The molecule has 0 bridgehead atoms. The SMILES string of the molecule is Cc1cc(N2CCOCC2)nc(N2CCN(S(=O)(=O)c3cnc[nH]3)CC2)n1. The van der Waals surface area contributed by atoms with E-state index in [2.05, 4.69) is 19.9 Å². The van der Waals surface area contributed by atoms with Gasteiger partial charge in [-0.15, -0.1) is 0 Å². The summed E-state index contributed by atoms with van der Waals surface area (Å²) in [5, 5.41) is 0.123. The fourth-order valence-corrected chi connectivity index (χ4v) is 4.60. The number of aromatic nitrogens is 4. The summed E-state index contributed by atoms with van der Waals surface area (Å²) in [6, 6.07) is 1.98. The lowest BCUT2D eigenvalue weighted by Crippen LogP contribution is -2.49. The van der Waals surface area contributed by atoms with Gasteiger partial charge in [0.2, 0.25) is 5.95 Å². The Morgan fingerprint density at radius 1 is 1.04 bits per heavy atom. The molecular formula is C16H23N7O3S. The van der Waals surface area contributed by atoms with Crippen molar-refractivity contribution in [2.24, 2.45) is 0 Å². The van der Waals surface area contributed by atoms with Gasteiger partial charge in [0, 0.05) is 51.0 Å². The average molecular weight is 393 g/mol. The van der Waals surface area contributed by atoms with E-state index in [9.17, 15) is 8.42 Å². The van der Waals surface area contributed by atoms with Crippen LogP contribution in [0.2, 0.25) is 0 Å². The number of nitrogens with one attached hydrogen (secondary N) is 1. The molecule has 0 spiro atoms. The minimum absolute atomic E-state index is 0.123. The van der Waals surface area contributed by atoms with Crippen LogP contribution in [0.25, 0.3) is 0 Å². The molecule has 10 nitrogen and oxygen atoms in total. The van der Waals surface area contributed by atoms with Crippen LogP contribution < -0.4 is 9.80 Å². The Kier molecular flexibility index (Phi) is 4.98. The maximum Gasteiger partial charge on any atom is 0.260 e. The summed E-state index contributed by atoms with van der Waals surface area (Å²) in [5.41, 5.74) is 0.897. The number of aromatic amines is 1. The zero-order chi connectivity index (χ0) is 18.9. The molecule has 2 aromatic rings. The van der Waals surface area contributed by atoms with E-state index in [4.69, 9.17) is 9.72 Å². The lowest BCUT2D eigenvalue weighted by molar-refractivity contribution is 0.122. The quantitative estimate of drug-likeness (QED) is 0.765. The van der Waals surface area contributed by atoms with Gasteiger partial charge in [-0.2, -0.15) is 9.29 Å². The number of rotatable bonds is 4. The molecule has 2 aliphatic heterocycles. The van der Waals surface area contributed by atoms with Gasteiger partial charge in [0.25, 0.3) is 10.0 Å². The van der Waals surface area contributed by atoms with Crippen molar-refractivity contribution < 1.29 is 13.2 Å². The predicted octanol–water partition coefficient (Wildman–Crippen LogP) is -0.144. The second-order valence-corrected chi connectivity index (χ2v) is 8.48. The van der Waals surface area contributed by atoms with Crippen LogP contribution in [0.3, 0.4) is 0 Å². The summed E-state index contributed by atoms with van der Waals surface area (Å²) in [6.07, 6.45) is 2.71. The van der Waals surface area contributed by atoms with E-state index in [0.717, 1.165) is 24.6 Å². The number of hydrogen-bond acceptors (Lipinski definition) is 8. The van der Waals surface area contributed by atoms with Crippen LogP contribution in [-0.2, 0) is 14.8 Å². The molecule has 0 radical (unpaired) electrons. The summed E-state index contributed by atoms with van der Waals surface area (Å²) in [5.74, 6) is 1.54. The fraction of sp³-hybridized carbons (Fsp3) is 0.562. The number of aryl methyl sites for hydroxylation is 1. The zero-order valence-electron chi connectivity index (χ0n) is 15.2. The number of morpholine rings is 1. The number of imidazole rings is 1. The van der Waals surface area contributed by atoms with Crippen LogP contribution in [-0.4, -0.2) is 85.1 Å². The number of hydrogen-bond donors (Lipinski definition) is 1. The minimum Gasteiger partial charge on any atom is -0.378 e. The van der Waals surface area contributed by atoms with Crippen molar-refractivity contribution in [3.8, 4) is 0 Å². The van der Waals surface area contributed by atoms with E-state index in [1.807, 2.05) is 17.9 Å².